The highest BCUT2D eigenvalue weighted by atomic mass is 35.5. The molecule has 6 heteroatoms. The van der Waals surface area contributed by atoms with Gasteiger partial charge in [0, 0.05) is 41.2 Å². The zero-order valence-corrected chi connectivity index (χ0v) is 16.9. The van der Waals surface area contributed by atoms with Gasteiger partial charge in [-0.2, -0.15) is 0 Å². The van der Waals surface area contributed by atoms with E-state index in [1.54, 1.807) is 18.2 Å². The lowest BCUT2D eigenvalue weighted by Gasteiger charge is -2.14. The van der Waals surface area contributed by atoms with E-state index in [0.717, 1.165) is 37.4 Å². The van der Waals surface area contributed by atoms with Crippen LogP contribution in [0.3, 0.4) is 0 Å². The Morgan fingerprint density at radius 3 is 2.82 bits per heavy atom. The van der Waals surface area contributed by atoms with Gasteiger partial charge in [-0.25, -0.2) is 4.79 Å². The number of ketones is 1. The summed E-state index contributed by atoms with van der Waals surface area (Å²) in [5.74, 6) is -0.799. The van der Waals surface area contributed by atoms with Crippen LogP contribution < -0.4 is 0 Å². The molecule has 1 fully saturated rings. The molecule has 0 aliphatic carbocycles. The highest BCUT2D eigenvalue weighted by molar-refractivity contribution is 6.32. The molecular weight excluding hydrogens is 378 g/mol. The molecule has 1 aromatic carbocycles. The first kappa shape index (κ1) is 20.4. The standard InChI is InChI=1S/C22H24ClNO4/c1-15-12-19(16(2)24(15)13-18-7-5-11-27-18)21(25)14-28-22(26)10-9-17-6-3-4-8-20(17)23/h3-4,6,8-10,12,18H,5,7,11,13-14H2,1-2H3/b10-9+. The van der Waals surface area contributed by atoms with Crippen LogP contribution in [0.4, 0.5) is 0 Å². The normalized spacial score (nSPS) is 16.6. The molecule has 0 amide bonds. The van der Waals surface area contributed by atoms with Gasteiger partial charge in [-0.3, -0.25) is 4.79 Å². The molecule has 0 spiro atoms. The zero-order valence-electron chi connectivity index (χ0n) is 16.1. The van der Waals surface area contributed by atoms with E-state index in [1.807, 2.05) is 32.0 Å². The quantitative estimate of drug-likeness (QED) is 0.392. The lowest BCUT2D eigenvalue weighted by atomic mass is 10.1. The fourth-order valence-electron chi connectivity index (χ4n) is 3.39. The van der Waals surface area contributed by atoms with Crippen LogP contribution in [0.2, 0.25) is 5.02 Å². The average Bonchev–Trinajstić information content (AvgIpc) is 3.29. The largest absolute Gasteiger partial charge is 0.454 e. The van der Waals surface area contributed by atoms with Crippen LogP contribution in [0.1, 0.15) is 40.2 Å². The lowest BCUT2D eigenvalue weighted by Crippen LogP contribution is -2.18. The van der Waals surface area contributed by atoms with Gasteiger partial charge in [0.1, 0.15) is 0 Å². The zero-order chi connectivity index (χ0) is 20.1. The molecule has 1 aromatic heterocycles. The Hall–Kier alpha value is -2.37. The van der Waals surface area contributed by atoms with Crippen molar-refractivity contribution in [2.24, 2.45) is 0 Å². The Bertz CT molecular complexity index is 894. The van der Waals surface area contributed by atoms with Crippen molar-refractivity contribution in [3.8, 4) is 0 Å². The number of esters is 1. The Morgan fingerprint density at radius 2 is 2.11 bits per heavy atom. The van der Waals surface area contributed by atoms with Crippen molar-refractivity contribution in [2.45, 2.75) is 39.3 Å². The number of aryl methyl sites for hydroxylation is 1. The van der Waals surface area contributed by atoms with Gasteiger partial charge in [0.25, 0.3) is 0 Å². The number of aromatic nitrogens is 1. The highest BCUT2D eigenvalue weighted by Gasteiger charge is 2.21. The van der Waals surface area contributed by atoms with Gasteiger partial charge in [0.05, 0.1) is 6.10 Å². The monoisotopic (exact) mass is 401 g/mol. The van der Waals surface area contributed by atoms with Crippen molar-refractivity contribution < 1.29 is 19.1 Å². The Labute approximate surface area is 169 Å². The molecule has 3 rings (SSSR count). The van der Waals surface area contributed by atoms with Crippen molar-refractivity contribution in [3.63, 3.8) is 0 Å². The van der Waals surface area contributed by atoms with E-state index >= 15 is 0 Å². The minimum atomic E-state index is -0.582. The summed E-state index contributed by atoms with van der Waals surface area (Å²) in [5.41, 5.74) is 3.17. The summed E-state index contributed by atoms with van der Waals surface area (Å²) in [4.78, 5) is 24.5. The molecule has 1 atom stereocenters. The second-order valence-corrected chi connectivity index (χ2v) is 7.32. The third-order valence-corrected chi connectivity index (χ3v) is 5.28. The lowest BCUT2D eigenvalue weighted by molar-refractivity contribution is -0.136. The summed E-state index contributed by atoms with van der Waals surface area (Å²) in [6, 6.07) is 9.02. The Kier molecular flexibility index (Phi) is 6.70. The van der Waals surface area contributed by atoms with Crippen LogP contribution in [0.15, 0.2) is 36.4 Å². The number of hydrogen-bond donors (Lipinski definition) is 0. The Balaban J connectivity index is 1.58. The van der Waals surface area contributed by atoms with Crippen molar-refractivity contribution in [3.05, 3.63) is 63.9 Å². The van der Waals surface area contributed by atoms with Crippen LogP contribution >= 0.6 is 11.6 Å². The van der Waals surface area contributed by atoms with Crippen LogP contribution in [0.25, 0.3) is 6.08 Å². The number of carbonyl (C=O) groups excluding carboxylic acids is 2. The van der Waals surface area contributed by atoms with Gasteiger partial charge in [-0.1, -0.05) is 29.8 Å². The third-order valence-electron chi connectivity index (χ3n) is 4.93. The molecule has 2 aromatic rings. The smallest absolute Gasteiger partial charge is 0.331 e. The molecule has 1 aliphatic rings. The molecule has 5 nitrogen and oxygen atoms in total. The number of hydrogen-bond acceptors (Lipinski definition) is 4. The molecule has 28 heavy (non-hydrogen) atoms. The van der Waals surface area contributed by atoms with Crippen LogP contribution in [-0.4, -0.2) is 35.6 Å². The van der Waals surface area contributed by atoms with E-state index in [1.165, 1.54) is 6.08 Å². The fraction of sp³-hybridized carbons (Fsp3) is 0.364. The van der Waals surface area contributed by atoms with Crippen molar-refractivity contribution in [2.75, 3.05) is 13.2 Å². The van der Waals surface area contributed by atoms with Crippen molar-refractivity contribution >= 4 is 29.4 Å². The van der Waals surface area contributed by atoms with Gasteiger partial charge < -0.3 is 14.0 Å². The second-order valence-electron chi connectivity index (χ2n) is 6.92. The van der Waals surface area contributed by atoms with E-state index in [-0.39, 0.29) is 18.5 Å². The highest BCUT2D eigenvalue weighted by Crippen LogP contribution is 2.21. The van der Waals surface area contributed by atoms with Gasteiger partial charge in [-0.05, 0) is 50.5 Å². The number of ether oxygens (including phenoxy) is 2. The first-order chi connectivity index (χ1) is 13.5. The van der Waals surface area contributed by atoms with Crippen LogP contribution in [0.5, 0.6) is 0 Å². The van der Waals surface area contributed by atoms with Gasteiger partial charge in [0.2, 0.25) is 5.78 Å². The maximum absolute atomic E-state index is 12.5. The first-order valence-electron chi connectivity index (χ1n) is 9.36. The molecule has 0 saturated carbocycles. The molecule has 0 bridgehead atoms. The fourth-order valence-corrected chi connectivity index (χ4v) is 3.59. The predicted octanol–water partition coefficient (Wildman–Crippen LogP) is 4.38. The maximum Gasteiger partial charge on any atom is 0.331 e. The van der Waals surface area contributed by atoms with Crippen molar-refractivity contribution in [1.82, 2.24) is 4.57 Å². The van der Waals surface area contributed by atoms with Crippen molar-refractivity contribution in [1.29, 1.82) is 0 Å². The Morgan fingerprint density at radius 1 is 1.32 bits per heavy atom. The van der Waals surface area contributed by atoms with E-state index in [9.17, 15) is 9.59 Å². The molecule has 1 unspecified atom stereocenters. The van der Waals surface area contributed by atoms with E-state index in [2.05, 4.69) is 4.57 Å². The number of Topliss-reactive ketones (excluding diaryl/α,β-unsaturated/α-hetero) is 1. The topological polar surface area (TPSA) is 57.5 Å². The maximum atomic E-state index is 12.5. The molecule has 1 aliphatic heterocycles. The number of nitrogens with zero attached hydrogens (tertiary/aromatic N) is 1. The van der Waals surface area contributed by atoms with Gasteiger partial charge >= 0.3 is 5.97 Å². The van der Waals surface area contributed by atoms with Gasteiger partial charge in [0.15, 0.2) is 6.61 Å². The number of halogens is 1. The number of rotatable bonds is 7. The summed E-state index contributed by atoms with van der Waals surface area (Å²) in [6.45, 7) is 5.13. The second kappa shape index (κ2) is 9.22. The van der Waals surface area contributed by atoms with Gasteiger partial charge in [-0.15, -0.1) is 0 Å². The molecule has 148 valence electrons. The predicted molar refractivity (Wildman–Crippen MR) is 109 cm³/mol. The average molecular weight is 402 g/mol. The summed E-state index contributed by atoms with van der Waals surface area (Å²) in [5, 5.41) is 0.543. The molecule has 0 radical (unpaired) electrons. The third kappa shape index (κ3) is 4.91. The van der Waals surface area contributed by atoms with E-state index < -0.39 is 5.97 Å². The van der Waals surface area contributed by atoms with Crippen LogP contribution in [0, 0.1) is 13.8 Å². The van der Waals surface area contributed by atoms with E-state index in [4.69, 9.17) is 21.1 Å². The SMILES string of the molecule is Cc1cc(C(=O)COC(=O)/C=C/c2ccccc2Cl)c(C)n1CC1CCCO1. The first-order valence-corrected chi connectivity index (χ1v) is 9.74. The molecule has 0 N–H and O–H groups in total. The molecule has 2 heterocycles. The minimum absolute atomic E-state index is 0.195. The summed E-state index contributed by atoms with van der Waals surface area (Å²) in [6.07, 6.45) is 5.15. The summed E-state index contributed by atoms with van der Waals surface area (Å²) < 4.78 is 12.9. The number of benzene rings is 1. The molecular formula is C22H24ClNO4. The summed E-state index contributed by atoms with van der Waals surface area (Å²) in [7, 11) is 0. The van der Waals surface area contributed by atoms with E-state index in [0.29, 0.717) is 16.1 Å². The number of carbonyl (C=O) groups is 2. The van der Waals surface area contributed by atoms with Crippen LogP contribution in [-0.2, 0) is 20.8 Å². The molecule has 1 saturated heterocycles. The minimum Gasteiger partial charge on any atom is -0.454 e. The summed E-state index contributed by atoms with van der Waals surface area (Å²) >= 11 is 6.04.